The number of H-pyrrole nitrogens is 1. The molecule has 1 heterocycles. The van der Waals surface area contributed by atoms with Gasteiger partial charge in [0.05, 0.1) is 5.41 Å². The van der Waals surface area contributed by atoms with Gasteiger partial charge in [-0.2, -0.15) is 0 Å². The Bertz CT molecular complexity index is 1040. The second-order valence-corrected chi connectivity index (χ2v) is 7.39. The molecule has 6 heteroatoms. The molecule has 3 N–H and O–H groups in total. The van der Waals surface area contributed by atoms with Crippen molar-refractivity contribution in [3.8, 4) is 11.3 Å². The molecular weight excluding hydrogens is 359 g/mol. The molecule has 0 aliphatic heterocycles. The molecule has 1 fully saturated rings. The molecule has 0 saturated heterocycles. The van der Waals surface area contributed by atoms with Gasteiger partial charge < -0.3 is 15.4 Å². The standard InChI is InChI=1S/C22H21FN2O3/c23-15-7-5-14(6-8-15)20-17(16-3-1-2-4-18(16)25-20)9-10-19(26)24-13-22(11-12-22)21(27)28/h1-8,25H,9-13H2,(H,24,26)(H,27,28). The van der Waals surface area contributed by atoms with E-state index < -0.39 is 11.4 Å². The zero-order chi connectivity index (χ0) is 19.7. The fourth-order valence-electron chi connectivity index (χ4n) is 3.53. The summed E-state index contributed by atoms with van der Waals surface area (Å²) in [5.41, 5.74) is 2.92. The smallest absolute Gasteiger partial charge is 0.311 e. The number of carbonyl (C=O) groups excluding carboxylic acids is 1. The number of halogens is 1. The summed E-state index contributed by atoms with van der Waals surface area (Å²) in [6.45, 7) is 0.180. The minimum Gasteiger partial charge on any atom is -0.481 e. The zero-order valence-electron chi connectivity index (χ0n) is 15.3. The molecular formula is C22H21FN2O3. The number of hydrogen-bond donors (Lipinski definition) is 3. The van der Waals surface area contributed by atoms with E-state index in [1.807, 2.05) is 24.3 Å². The van der Waals surface area contributed by atoms with Crippen LogP contribution in [0.2, 0.25) is 0 Å². The van der Waals surface area contributed by atoms with E-state index in [2.05, 4.69) is 10.3 Å². The number of carboxylic acid groups (broad SMARTS) is 1. The molecule has 0 bridgehead atoms. The van der Waals surface area contributed by atoms with Crippen LogP contribution >= 0.6 is 0 Å². The van der Waals surface area contributed by atoms with Crippen LogP contribution in [-0.4, -0.2) is 28.5 Å². The van der Waals surface area contributed by atoms with E-state index in [-0.39, 0.29) is 24.7 Å². The van der Waals surface area contributed by atoms with Crippen LogP contribution in [0.15, 0.2) is 48.5 Å². The highest BCUT2D eigenvalue weighted by Gasteiger charge is 2.50. The number of fused-ring (bicyclic) bond motifs is 1. The Morgan fingerprint density at radius 1 is 1.11 bits per heavy atom. The number of aromatic nitrogens is 1. The Morgan fingerprint density at radius 2 is 1.82 bits per heavy atom. The second kappa shape index (κ2) is 7.11. The average molecular weight is 380 g/mol. The first kappa shape index (κ1) is 18.2. The van der Waals surface area contributed by atoms with Crippen molar-refractivity contribution in [2.75, 3.05) is 6.54 Å². The van der Waals surface area contributed by atoms with Crippen LogP contribution in [0.1, 0.15) is 24.8 Å². The quantitative estimate of drug-likeness (QED) is 0.582. The van der Waals surface area contributed by atoms with Gasteiger partial charge in [-0.1, -0.05) is 18.2 Å². The Kier molecular flexibility index (Phi) is 4.63. The summed E-state index contributed by atoms with van der Waals surface area (Å²) in [6, 6.07) is 14.1. The van der Waals surface area contributed by atoms with Crippen LogP contribution in [0, 0.1) is 11.2 Å². The molecule has 2 aromatic carbocycles. The Labute approximate surface area is 161 Å². The number of aliphatic carboxylic acids is 1. The molecule has 1 amide bonds. The normalized spacial score (nSPS) is 14.8. The van der Waals surface area contributed by atoms with Crippen molar-refractivity contribution in [2.45, 2.75) is 25.7 Å². The maximum atomic E-state index is 13.3. The van der Waals surface area contributed by atoms with Crippen LogP contribution in [0.4, 0.5) is 4.39 Å². The van der Waals surface area contributed by atoms with E-state index in [0.29, 0.717) is 19.3 Å². The molecule has 1 aliphatic carbocycles. The number of amides is 1. The summed E-state index contributed by atoms with van der Waals surface area (Å²) in [5, 5.41) is 13.0. The number of carbonyl (C=O) groups is 2. The lowest BCUT2D eigenvalue weighted by molar-refractivity contribution is -0.143. The first-order chi connectivity index (χ1) is 13.5. The van der Waals surface area contributed by atoms with Crippen LogP contribution in [0.25, 0.3) is 22.2 Å². The number of rotatable bonds is 7. The summed E-state index contributed by atoms with van der Waals surface area (Å²) < 4.78 is 13.3. The van der Waals surface area contributed by atoms with Crippen molar-refractivity contribution in [3.63, 3.8) is 0 Å². The van der Waals surface area contributed by atoms with Crippen LogP contribution in [0.3, 0.4) is 0 Å². The SMILES string of the molecule is O=C(CCc1c(-c2ccc(F)cc2)[nH]c2ccccc12)NCC1(C(=O)O)CC1. The van der Waals surface area contributed by atoms with E-state index >= 15 is 0 Å². The van der Waals surface area contributed by atoms with Gasteiger partial charge >= 0.3 is 5.97 Å². The summed E-state index contributed by atoms with van der Waals surface area (Å²) in [4.78, 5) is 26.9. The molecule has 1 aliphatic rings. The molecule has 1 aromatic heterocycles. The third-order valence-corrected chi connectivity index (χ3v) is 5.48. The lowest BCUT2D eigenvalue weighted by Gasteiger charge is -2.11. The van der Waals surface area contributed by atoms with E-state index in [4.69, 9.17) is 0 Å². The first-order valence-electron chi connectivity index (χ1n) is 9.34. The molecule has 3 aromatic rings. The van der Waals surface area contributed by atoms with Crippen LogP contribution in [0.5, 0.6) is 0 Å². The third kappa shape index (κ3) is 3.50. The second-order valence-electron chi connectivity index (χ2n) is 7.39. The zero-order valence-corrected chi connectivity index (χ0v) is 15.3. The monoisotopic (exact) mass is 380 g/mol. The van der Waals surface area contributed by atoms with Crippen LogP contribution in [-0.2, 0) is 16.0 Å². The maximum absolute atomic E-state index is 13.3. The lowest BCUT2D eigenvalue weighted by atomic mass is 10.0. The van der Waals surface area contributed by atoms with Gasteiger partial charge in [-0.15, -0.1) is 0 Å². The average Bonchev–Trinajstić information content (AvgIpc) is 3.40. The predicted octanol–water partition coefficient (Wildman–Crippen LogP) is 3.89. The first-order valence-corrected chi connectivity index (χ1v) is 9.34. The molecule has 1 saturated carbocycles. The number of aromatic amines is 1. The number of nitrogens with one attached hydrogen (secondary N) is 2. The van der Waals surface area contributed by atoms with E-state index in [0.717, 1.165) is 27.7 Å². The Hall–Kier alpha value is -3.15. The number of hydrogen-bond acceptors (Lipinski definition) is 2. The van der Waals surface area contributed by atoms with Gasteiger partial charge in [-0.3, -0.25) is 9.59 Å². The van der Waals surface area contributed by atoms with Gasteiger partial charge in [0.25, 0.3) is 0 Å². The minimum absolute atomic E-state index is 0.164. The maximum Gasteiger partial charge on any atom is 0.311 e. The molecule has 5 nitrogen and oxygen atoms in total. The topological polar surface area (TPSA) is 82.2 Å². The highest BCUT2D eigenvalue weighted by atomic mass is 19.1. The molecule has 0 unspecified atom stereocenters. The molecule has 28 heavy (non-hydrogen) atoms. The van der Waals surface area contributed by atoms with Gasteiger partial charge in [-0.25, -0.2) is 4.39 Å². The van der Waals surface area contributed by atoms with Crippen molar-refractivity contribution >= 4 is 22.8 Å². The summed E-state index contributed by atoms with van der Waals surface area (Å²) >= 11 is 0. The number of para-hydroxylation sites is 1. The van der Waals surface area contributed by atoms with Crippen molar-refractivity contribution < 1.29 is 19.1 Å². The van der Waals surface area contributed by atoms with Crippen molar-refractivity contribution in [1.82, 2.24) is 10.3 Å². The molecule has 144 valence electrons. The highest BCUT2D eigenvalue weighted by molar-refractivity contribution is 5.91. The Balaban J connectivity index is 1.52. The summed E-state index contributed by atoms with van der Waals surface area (Å²) in [7, 11) is 0. The molecule has 0 atom stereocenters. The van der Waals surface area contributed by atoms with Crippen molar-refractivity contribution in [3.05, 3.63) is 59.9 Å². The van der Waals surface area contributed by atoms with E-state index in [1.165, 1.54) is 12.1 Å². The molecule has 4 rings (SSSR count). The van der Waals surface area contributed by atoms with E-state index in [9.17, 15) is 19.1 Å². The molecule has 0 spiro atoms. The largest absolute Gasteiger partial charge is 0.481 e. The third-order valence-electron chi connectivity index (χ3n) is 5.48. The number of benzene rings is 2. The van der Waals surface area contributed by atoms with Gasteiger partial charge in [0.15, 0.2) is 0 Å². The number of carboxylic acids is 1. The van der Waals surface area contributed by atoms with Gasteiger partial charge in [0.1, 0.15) is 5.82 Å². The van der Waals surface area contributed by atoms with Crippen molar-refractivity contribution in [1.29, 1.82) is 0 Å². The van der Waals surface area contributed by atoms with Crippen LogP contribution < -0.4 is 5.32 Å². The van der Waals surface area contributed by atoms with Gasteiger partial charge in [0.2, 0.25) is 5.91 Å². The van der Waals surface area contributed by atoms with Gasteiger partial charge in [0, 0.05) is 29.6 Å². The minimum atomic E-state index is -0.844. The number of aryl methyl sites for hydroxylation is 1. The fraction of sp³-hybridized carbons (Fsp3) is 0.273. The summed E-state index contributed by atoms with van der Waals surface area (Å²) in [5.74, 6) is -1.31. The Morgan fingerprint density at radius 3 is 2.50 bits per heavy atom. The lowest BCUT2D eigenvalue weighted by Crippen LogP contribution is -2.34. The molecule has 0 radical (unpaired) electrons. The highest BCUT2D eigenvalue weighted by Crippen LogP contribution is 2.45. The van der Waals surface area contributed by atoms with E-state index in [1.54, 1.807) is 12.1 Å². The summed E-state index contributed by atoms with van der Waals surface area (Å²) in [6.07, 6.45) is 1.98. The van der Waals surface area contributed by atoms with Gasteiger partial charge in [-0.05, 0) is 60.7 Å². The van der Waals surface area contributed by atoms with Crippen molar-refractivity contribution in [2.24, 2.45) is 5.41 Å². The fourth-order valence-corrected chi connectivity index (χ4v) is 3.53. The predicted molar refractivity (Wildman–Crippen MR) is 104 cm³/mol.